The monoisotopic (exact) mass is 712 g/mol. The van der Waals surface area contributed by atoms with Crippen LogP contribution in [0.3, 0.4) is 0 Å². The maximum atomic E-state index is 12.9. The summed E-state index contributed by atoms with van der Waals surface area (Å²) in [6, 6.07) is -0.998. The van der Waals surface area contributed by atoms with Gasteiger partial charge in [0.25, 0.3) is 0 Å². The van der Waals surface area contributed by atoms with E-state index in [2.05, 4.69) is 43.5 Å². The SMILES string of the molecule is CCCC/C=C\CCCCCCC(O)C(=O)NC(COC1OC(CO)C(O)C(O)C1O)C(O)/C=C/CC/C=C/CCCCCCCCCCC. The first-order chi connectivity index (χ1) is 24.3. The molecular weight excluding hydrogens is 638 g/mol. The topological polar surface area (TPSA) is 169 Å². The molecule has 0 aromatic carbocycles. The second-order valence-electron chi connectivity index (χ2n) is 13.9. The van der Waals surface area contributed by atoms with E-state index >= 15 is 0 Å². The van der Waals surface area contributed by atoms with Crippen LogP contribution in [0.15, 0.2) is 36.5 Å². The molecule has 10 heteroatoms. The zero-order valence-electron chi connectivity index (χ0n) is 31.3. The van der Waals surface area contributed by atoms with Crippen LogP contribution in [0.4, 0.5) is 0 Å². The molecule has 1 aliphatic rings. The van der Waals surface area contributed by atoms with E-state index < -0.39 is 61.5 Å². The first-order valence-corrected chi connectivity index (χ1v) is 19.8. The molecule has 0 aromatic rings. The fraction of sp³-hybridized carbons (Fsp3) is 0.825. The molecule has 1 saturated heterocycles. The number of rotatable bonds is 31. The maximum Gasteiger partial charge on any atom is 0.249 e. The fourth-order valence-electron chi connectivity index (χ4n) is 5.92. The molecule has 1 rings (SSSR count). The van der Waals surface area contributed by atoms with Crippen molar-refractivity contribution in [2.24, 2.45) is 0 Å². The molecule has 292 valence electrons. The van der Waals surface area contributed by atoms with E-state index in [0.717, 1.165) is 44.9 Å². The number of carbonyl (C=O) groups excluding carboxylic acids is 1. The maximum absolute atomic E-state index is 12.9. The fourth-order valence-corrected chi connectivity index (χ4v) is 5.92. The lowest BCUT2D eigenvalue weighted by molar-refractivity contribution is -0.302. The number of nitrogens with one attached hydrogen (secondary N) is 1. The number of carbonyl (C=O) groups is 1. The van der Waals surface area contributed by atoms with Crippen molar-refractivity contribution in [1.82, 2.24) is 5.32 Å². The molecule has 0 aliphatic carbocycles. The molecule has 0 saturated carbocycles. The van der Waals surface area contributed by atoms with E-state index in [0.29, 0.717) is 12.8 Å². The largest absolute Gasteiger partial charge is 0.394 e. The van der Waals surface area contributed by atoms with E-state index in [1.807, 2.05) is 6.08 Å². The number of aliphatic hydroxyl groups is 6. The van der Waals surface area contributed by atoms with Crippen LogP contribution >= 0.6 is 0 Å². The van der Waals surface area contributed by atoms with Crippen molar-refractivity contribution in [2.45, 2.75) is 198 Å². The van der Waals surface area contributed by atoms with Crippen molar-refractivity contribution in [3.05, 3.63) is 36.5 Å². The summed E-state index contributed by atoms with van der Waals surface area (Å²) in [5, 5.41) is 64.2. The van der Waals surface area contributed by atoms with Gasteiger partial charge in [0.1, 0.15) is 30.5 Å². The number of hydrogen-bond donors (Lipinski definition) is 7. The van der Waals surface area contributed by atoms with Crippen molar-refractivity contribution < 1.29 is 44.9 Å². The zero-order valence-corrected chi connectivity index (χ0v) is 31.3. The number of hydrogen-bond acceptors (Lipinski definition) is 9. The van der Waals surface area contributed by atoms with E-state index in [1.165, 1.54) is 70.6 Å². The van der Waals surface area contributed by atoms with Gasteiger partial charge in [-0.15, -0.1) is 0 Å². The third-order valence-electron chi connectivity index (χ3n) is 9.29. The van der Waals surface area contributed by atoms with E-state index in [4.69, 9.17) is 9.47 Å². The molecule has 1 fully saturated rings. The second kappa shape index (κ2) is 30.9. The minimum absolute atomic E-state index is 0.287. The highest BCUT2D eigenvalue weighted by molar-refractivity contribution is 5.80. The smallest absolute Gasteiger partial charge is 0.249 e. The van der Waals surface area contributed by atoms with Crippen LogP contribution in [0.1, 0.15) is 149 Å². The summed E-state index contributed by atoms with van der Waals surface area (Å²) in [4.78, 5) is 12.9. The molecule has 50 heavy (non-hydrogen) atoms. The van der Waals surface area contributed by atoms with Crippen LogP contribution in [-0.4, -0.2) is 98.7 Å². The molecule has 0 aromatic heterocycles. The zero-order chi connectivity index (χ0) is 36.8. The van der Waals surface area contributed by atoms with Gasteiger partial charge in [0.2, 0.25) is 5.91 Å². The summed E-state index contributed by atoms with van der Waals surface area (Å²) in [6.45, 7) is 3.50. The molecule has 0 bridgehead atoms. The highest BCUT2D eigenvalue weighted by Crippen LogP contribution is 2.22. The summed E-state index contributed by atoms with van der Waals surface area (Å²) >= 11 is 0. The van der Waals surface area contributed by atoms with Gasteiger partial charge in [-0.2, -0.15) is 0 Å². The Hall–Kier alpha value is -1.63. The Kier molecular flexibility index (Phi) is 28.7. The summed E-state index contributed by atoms with van der Waals surface area (Å²) < 4.78 is 11.1. The second-order valence-corrected chi connectivity index (χ2v) is 13.9. The van der Waals surface area contributed by atoms with Crippen molar-refractivity contribution in [3.8, 4) is 0 Å². The van der Waals surface area contributed by atoms with Gasteiger partial charge < -0.3 is 45.4 Å². The molecule has 0 radical (unpaired) electrons. The molecule has 8 atom stereocenters. The molecule has 1 heterocycles. The average Bonchev–Trinajstić information content (AvgIpc) is 3.11. The van der Waals surface area contributed by atoms with E-state index in [9.17, 15) is 35.4 Å². The minimum atomic E-state index is -1.61. The van der Waals surface area contributed by atoms with E-state index in [-0.39, 0.29) is 13.0 Å². The number of unbranched alkanes of at least 4 members (excludes halogenated alkanes) is 16. The molecule has 8 unspecified atom stereocenters. The van der Waals surface area contributed by atoms with Gasteiger partial charge in [0, 0.05) is 0 Å². The number of allylic oxidation sites excluding steroid dienone is 5. The first kappa shape index (κ1) is 46.4. The normalized spacial score (nSPS) is 23.2. The van der Waals surface area contributed by atoms with Gasteiger partial charge in [-0.25, -0.2) is 0 Å². The summed E-state index contributed by atoms with van der Waals surface area (Å²) in [5.74, 6) is -0.641. The van der Waals surface area contributed by atoms with Crippen LogP contribution in [0.2, 0.25) is 0 Å². The van der Waals surface area contributed by atoms with Crippen molar-refractivity contribution in [1.29, 1.82) is 0 Å². The molecular formula is C40H73NO9. The van der Waals surface area contributed by atoms with Gasteiger partial charge in [-0.05, 0) is 51.4 Å². The predicted molar refractivity (Wildman–Crippen MR) is 199 cm³/mol. The van der Waals surface area contributed by atoms with Gasteiger partial charge in [-0.1, -0.05) is 134 Å². The average molecular weight is 712 g/mol. The summed E-state index contributed by atoms with van der Waals surface area (Å²) in [5.41, 5.74) is 0. The Morgan fingerprint density at radius 1 is 0.680 bits per heavy atom. The highest BCUT2D eigenvalue weighted by atomic mass is 16.7. The molecule has 1 aliphatic heterocycles. The number of amides is 1. The van der Waals surface area contributed by atoms with Gasteiger partial charge in [-0.3, -0.25) is 4.79 Å². The van der Waals surface area contributed by atoms with Gasteiger partial charge >= 0.3 is 0 Å². The minimum Gasteiger partial charge on any atom is -0.394 e. The Bertz CT molecular complexity index is 896. The Balaban J connectivity index is 2.55. The Labute approximate surface area is 303 Å². The van der Waals surface area contributed by atoms with Gasteiger partial charge in [0.15, 0.2) is 6.29 Å². The Morgan fingerprint density at radius 2 is 1.20 bits per heavy atom. The third-order valence-corrected chi connectivity index (χ3v) is 9.29. The lowest BCUT2D eigenvalue weighted by Crippen LogP contribution is -2.60. The van der Waals surface area contributed by atoms with Crippen LogP contribution in [0.5, 0.6) is 0 Å². The first-order valence-electron chi connectivity index (χ1n) is 19.8. The van der Waals surface area contributed by atoms with E-state index in [1.54, 1.807) is 6.08 Å². The molecule has 1 amide bonds. The summed E-state index contributed by atoms with van der Waals surface area (Å²) in [7, 11) is 0. The third kappa shape index (κ3) is 21.7. The van der Waals surface area contributed by atoms with Crippen LogP contribution in [-0.2, 0) is 14.3 Å². The van der Waals surface area contributed by atoms with Crippen molar-refractivity contribution in [3.63, 3.8) is 0 Å². The standard InChI is InChI=1S/C40H73NO9/c1-3-5-7-9-11-13-15-16-17-18-19-21-22-24-26-28-33(43)32(31-49-40-38(47)37(46)36(45)35(30-42)50-40)41-39(48)34(44)29-27-25-23-20-14-12-10-8-6-4-2/h10,12,19,21,26,28,32-38,40,42-47H,3-9,11,13-18,20,22-25,27,29-31H2,1-2H3,(H,41,48)/b12-10-,21-19+,28-26+. The number of ether oxygens (including phenoxy) is 2. The molecule has 7 N–H and O–H groups in total. The Morgan fingerprint density at radius 3 is 1.80 bits per heavy atom. The van der Waals surface area contributed by atoms with Crippen LogP contribution < -0.4 is 5.32 Å². The quantitative estimate of drug-likeness (QED) is 0.0342. The van der Waals surface area contributed by atoms with Crippen molar-refractivity contribution >= 4 is 5.91 Å². The summed E-state index contributed by atoms with van der Waals surface area (Å²) in [6.07, 6.45) is 25.3. The van der Waals surface area contributed by atoms with Gasteiger partial charge in [0.05, 0.1) is 25.4 Å². The molecule has 10 nitrogen and oxygen atoms in total. The van der Waals surface area contributed by atoms with Crippen molar-refractivity contribution in [2.75, 3.05) is 13.2 Å². The van der Waals surface area contributed by atoms with Crippen LogP contribution in [0, 0.1) is 0 Å². The predicted octanol–water partition coefficient (Wildman–Crippen LogP) is 5.91. The lowest BCUT2D eigenvalue weighted by Gasteiger charge is -2.40. The van der Waals surface area contributed by atoms with Crippen LogP contribution in [0.25, 0.3) is 0 Å². The highest BCUT2D eigenvalue weighted by Gasteiger charge is 2.44. The lowest BCUT2D eigenvalue weighted by atomic mass is 9.99. The number of aliphatic hydroxyl groups excluding tert-OH is 6. The molecule has 0 spiro atoms.